The Morgan fingerprint density at radius 3 is 2.04 bits per heavy atom. The molecule has 8 heteroatoms. The van der Waals surface area contributed by atoms with Crippen molar-refractivity contribution in [3.8, 4) is 0 Å². The molecule has 0 aliphatic heterocycles. The average molecular weight is 640 g/mol. The summed E-state index contributed by atoms with van der Waals surface area (Å²) in [5.41, 5.74) is 2.74. The average Bonchev–Trinajstić information content (AvgIpc) is 3.61. The van der Waals surface area contributed by atoms with Crippen molar-refractivity contribution in [1.82, 2.24) is 5.32 Å². The van der Waals surface area contributed by atoms with Crippen molar-refractivity contribution in [2.24, 2.45) is 0 Å². The minimum atomic E-state index is -0.512. The van der Waals surface area contributed by atoms with Gasteiger partial charge in [-0.05, 0) is 82.4 Å². The molecular weight excluding hydrogens is 611 g/mol. The summed E-state index contributed by atoms with van der Waals surface area (Å²) in [6.07, 6.45) is 1.66. The van der Waals surface area contributed by atoms with Crippen LogP contribution in [0.1, 0.15) is 26.0 Å². The van der Waals surface area contributed by atoms with Crippen molar-refractivity contribution in [1.29, 1.82) is 0 Å². The largest absolute Gasteiger partial charge is 0.325 e. The second kappa shape index (κ2) is 14.6. The zero-order valence-corrected chi connectivity index (χ0v) is 26.2. The van der Waals surface area contributed by atoms with Gasteiger partial charge in [0.05, 0.1) is 0 Å². The number of hydrogen-bond donors (Lipinski definition) is 3. The van der Waals surface area contributed by atoms with E-state index in [9.17, 15) is 14.4 Å². The molecule has 0 aliphatic rings. The zero-order valence-electron chi connectivity index (χ0n) is 24.6. The molecule has 0 fully saturated rings. The van der Waals surface area contributed by atoms with Gasteiger partial charge in [-0.15, -0.1) is 23.1 Å². The van der Waals surface area contributed by atoms with Gasteiger partial charge in [-0.3, -0.25) is 14.4 Å². The lowest BCUT2D eigenvalue weighted by molar-refractivity contribution is -0.116. The van der Waals surface area contributed by atoms with Crippen molar-refractivity contribution < 1.29 is 14.4 Å². The predicted octanol–water partition coefficient (Wildman–Crippen LogP) is 8.78. The van der Waals surface area contributed by atoms with Crippen molar-refractivity contribution in [2.45, 2.75) is 10.1 Å². The number of nitrogens with one attached hydrogen (secondary N) is 3. The van der Waals surface area contributed by atoms with Crippen LogP contribution in [0.3, 0.4) is 0 Å². The second-order valence-electron chi connectivity index (χ2n) is 10.3. The highest BCUT2D eigenvalue weighted by molar-refractivity contribution is 8.00. The molecule has 1 atom stereocenters. The highest BCUT2D eigenvalue weighted by atomic mass is 32.2. The first-order chi connectivity index (χ1) is 22.5. The molecule has 6 aromatic rings. The number of carbonyl (C=O) groups is 3. The Hall–Kier alpha value is -5.44. The standard InChI is InChI=1S/C38H29N3O3S2/c42-36(28-13-5-2-6-14-28)41-34(25-33-16-9-23-45-33)37(43)39-30-19-21-32(22-20-30)46-35(27-11-3-1-4-12-27)38(44)40-31-18-17-26-10-7-8-15-29(26)24-31/h1-25,35H,(H,39,43)(H,40,44)(H,41,42)/b34-25-. The first kappa shape index (κ1) is 30.6. The summed E-state index contributed by atoms with van der Waals surface area (Å²) in [6.45, 7) is 0. The molecule has 0 spiro atoms. The van der Waals surface area contributed by atoms with Crippen LogP contribution in [0.15, 0.2) is 155 Å². The van der Waals surface area contributed by atoms with E-state index in [0.29, 0.717) is 11.3 Å². The Labute approximate surface area is 275 Å². The molecule has 3 amide bonds. The molecule has 6 nitrogen and oxygen atoms in total. The Bertz CT molecular complexity index is 1990. The van der Waals surface area contributed by atoms with Gasteiger partial charge < -0.3 is 16.0 Å². The van der Waals surface area contributed by atoms with E-state index < -0.39 is 11.2 Å². The molecule has 5 aromatic carbocycles. The Balaban J connectivity index is 1.17. The third-order valence-electron chi connectivity index (χ3n) is 7.08. The third-order valence-corrected chi connectivity index (χ3v) is 9.17. The Morgan fingerprint density at radius 2 is 1.33 bits per heavy atom. The molecule has 3 N–H and O–H groups in total. The first-order valence-corrected chi connectivity index (χ1v) is 16.3. The lowest BCUT2D eigenvalue weighted by Crippen LogP contribution is -2.30. The van der Waals surface area contributed by atoms with Crippen LogP contribution >= 0.6 is 23.1 Å². The van der Waals surface area contributed by atoms with Gasteiger partial charge in [-0.2, -0.15) is 0 Å². The van der Waals surface area contributed by atoms with Crippen molar-refractivity contribution in [3.63, 3.8) is 0 Å². The van der Waals surface area contributed by atoms with Crippen LogP contribution in [0, 0.1) is 0 Å². The van der Waals surface area contributed by atoms with E-state index in [1.54, 1.807) is 42.5 Å². The highest BCUT2D eigenvalue weighted by Gasteiger charge is 2.23. The number of carbonyl (C=O) groups excluding carboxylic acids is 3. The zero-order chi connectivity index (χ0) is 31.7. The minimum Gasteiger partial charge on any atom is -0.325 e. The van der Waals surface area contributed by atoms with Gasteiger partial charge >= 0.3 is 0 Å². The summed E-state index contributed by atoms with van der Waals surface area (Å²) in [4.78, 5) is 41.5. The van der Waals surface area contributed by atoms with Gasteiger partial charge in [0.15, 0.2) is 0 Å². The van der Waals surface area contributed by atoms with Gasteiger partial charge in [-0.25, -0.2) is 0 Å². The lowest BCUT2D eigenvalue weighted by Gasteiger charge is -2.18. The lowest BCUT2D eigenvalue weighted by atomic mass is 10.1. The van der Waals surface area contributed by atoms with Crippen LogP contribution < -0.4 is 16.0 Å². The quantitative estimate of drug-likeness (QED) is 0.103. The maximum absolute atomic E-state index is 13.6. The number of rotatable bonds is 10. The van der Waals surface area contributed by atoms with Gasteiger partial charge in [0.25, 0.3) is 11.8 Å². The smallest absolute Gasteiger partial charge is 0.272 e. The fourth-order valence-corrected chi connectivity index (χ4v) is 6.47. The summed E-state index contributed by atoms with van der Waals surface area (Å²) >= 11 is 2.89. The fourth-order valence-electron chi connectivity index (χ4n) is 4.79. The normalized spacial score (nSPS) is 11.9. The van der Waals surface area contributed by atoms with Crippen LogP contribution in [-0.4, -0.2) is 17.7 Å². The van der Waals surface area contributed by atoms with Crippen molar-refractivity contribution in [3.05, 3.63) is 167 Å². The molecular formula is C38H29N3O3S2. The molecule has 0 bridgehead atoms. The molecule has 226 valence electrons. The fraction of sp³-hybridized carbons (Fsp3) is 0.0263. The van der Waals surface area contributed by atoms with Gasteiger partial charge in [0.1, 0.15) is 10.9 Å². The molecule has 6 rings (SSSR count). The summed E-state index contributed by atoms with van der Waals surface area (Å²) in [6, 6.07) is 43.4. The number of thioether (sulfide) groups is 1. The predicted molar refractivity (Wildman–Crippen MR) is 189 cm³/mol. The van der Waals surface area contributed by atoms with Gasteiger partial charge in [0.2, 0.25) is 5.91 Å². The highest BCUT2D eigenvalue weighted by Crippen LogP contribution is 2.37. The summed E-state index contributed by atoms with van der Waals surface area (Å²) in [5, 5.41) is 12.3. The van der Waals surface area contributed by atoms with E-state index in [-0.39, 0.29) is 17.5 Å². The number of hydrogen-bond acceptors (Lipinski definition) is 5. The van der Waals surface area contributed by atoms with E-state index in [2.05, 4.69) is 16.0 Å². The van der Waals surface area contributed by atoms with Crippen LogP contribution in [0.4, 0.5) is 11.4 Å². The number of benzene rings is 5. The molecule has 1 aromatic heterocycles. The van der Waals surface area contributed by atoms with Crippen LogP contribution in [0.2, 0.25) is 0 Å². The number of amides is 3. The molecule has 0 aliphatic carbocycles. The monoisotopic (exact) mass is 639 g/mol. The Morgan fingerprint density at radius 1 is 0.652 bits per heavy atom. The third kappa shape index (κ3) is 7.79. The van der Waals surface area contributed by atoms with E-state index in [4.69, 9.17) is 0 Å². The van der Waals surface area contributed by atoms with E-state index in [0.717, 1.165) is 31.8 Å². The molecule has 1 unspecified atom stereocenters. The van der Waals surface area contributed by atoms with Crippen molar-refractivity contribution >= 4 is 69.0 Å². The van der Waals surface area contributed by atoms with E-state index >= 15 is 0 Å². The molecule has 0 radical (unpaired) electrons. The minimum absolute atomic E-state index is 0.129. The number of fused-ring (bicyclic) bond motifs is 1. The molecule has 46 heavy (non-hydrogen) atoms. The maximum atomic E-state index is 13.6. The SMILES string of the molecule is O=C(Nc1ccc(SC(C(=O)Nc2ccc3ccccc3c2)c2ccccc2)cc1)/C(=C/c1cccs1)NC(=O)c1ccccc1. The van der Waals surface area contributed by atoms with Gasteiger partial charge in [0, 0.05) is 26.7 Å². The topological polar surface area (TPSA) is 87.3 Å². The number of anilines is 2. The molecule has 1 heterocycles. The summed E-state index contributed by atoms with van der Waals surface area (Å²) < 4.78 is 0. The van der Waals surface area contributed by atoms with Crippen LogP contribution in [-0.2, 0) is 9.59 Å². The molecule has 0 saturated heterocycles. The maximum Gasteiger partial charge on any atom is 0.272 e. The summed E-state index contributed by atoms with van der Waals surface area (Å²) in [7, 11) is 0. The van der Waals surface area contributed by atoms with Crippen molar-refractivity contribution in [2.75, 3.05) is 10.6 Å². The van der Waals surface area contributed by atoms with Crippen LogP contribution in [0.25, 0.3) is 16.8 Å². The van der Waals surface area contributed by atoms with E-state index in [1.165, 1.54) is 23.1 Å². The number of thiophene rings is 1. The first-order valence-electron chi connectivity index (χ1n) is 14.6. The van der Waals surface area contributed by atoms with Crippen LogP contribution in [0.5, 0.6) is 0 Å². The second-order valence-corrected chi connectivity index (χ2v) is 12.5. The summed E-state index contributed by atoms with van der Waals surface area (Å²) in [5.74, 6) is -0.962. The van der Waals surface area contributed by atoms with E-state index in [1.807, 2.05) is 109 Å². The Kier molecular flexibility index (Phi) is 9.68. The van der Waals surface area contributed by atoms with Gasteiger partial charge in [-0.1, -0.05) is 84.9 Å². The molecule has 0 saturated carbocycles.